The topological polar surface area (TPSA) is 137 Å². The predicted octanol–water partition coefficient (Wildman–Crippen LogP) is -1.48. The summed E-state index contributed by atoms with van der Waals surface area (Å²) in [4.78, 5) is 42.4. The molecule has 3 aliphatic rings. The molecule has 4 atom stereocenters. The van der Waals surface area contributed by atoms with Crippen molar-refractivity contribution in [3.63, 3.8) is 0 Å². The Balaban J connectivity index is 1.86. The second kappa shape index (κ2) is 5.59. The van der Waals surface area contributed by atoms with E-state index in [9.17, 15) is 24.6 Å². The molecule has 24 heavy (non-hydrogen) atoms. The quantitative estimate of drug-likeness (QED) is 0.524. The van der Waals surface area contributed by atoms with Crippen molar-refractivity contribution in [1.29, 1.82) is 0 Å². The lowest BCUT2D eigenvalue weighted by atomic mass is 9.83. The standard InChI is InChI=1S/C15H20N4O5/c1-6-4-18(13(17-6)12(16)21)5-8-3-9-10(7(2)20)14(22)19(9)11(8)15(23)24/h6-7,9-10,20H,3-5H2,1-2H3,(H2,16,21)(H,23,24)/t6?,7-,9-,10-/m1/s1. The number of primary amides is 1. The molecular weight excluding hydrogens is 316 g/mol. The first-order valence-electron chi connectivity index (χ1n) is 7.81. The molecule has 0 saturated carbocycles. The lowest BCUT2D eigenvalue weighted by Crippen LogP contribution is -2.61. The molecule has 0 bridgehead atoms. The maximum atomic E-state index is 12.2. The summed E-state index contributed by atoms with van der Waals surface area (Å²) in [7, 11) is 0. The zero-order valence-corrected chi connectivity index (χ0v) is 13.5. The molecule has 1 saturated heterocycles. The minimum absolute atomic E-state index is 0.0507. The van der Waals surface area contributed by atoms with Crippen LogP contribution in [0.2, 0.25) is 0 Å². The van der Waals surface area contributed by atoms with Crippen LogP contribution in [0, 0.1) is 5.92 Å². The number of fused-ring (bicyclic) bond motifs is 1. The summed E-state index contributed by atoms with van der Waals surface area (Å²) >= 11 is 0. The molecule has 130 valence electrons. The van der Waals surface area contributed by atoms with Gasteiger partial charge in [-0.25, -0.2) is 4.79 Å². The summed E-state index contributed by atoms with van der Waals surface area (Å²) < 4.78 is 0. The average Bonchev–Trinajstić information content (AvgIpc) is 2.97. The second-order valence-corrected chi connectivity index (χ2v) is 6.55. The molecule has 3 rings (SSSR count). The number of carboxylic acids is 1. The van der Waals surface area contributed by atoms with Gasteiger partial charge in [-0.3, -0.25) is 14.6 Å². The molecule has 0 aromatic heterocycles. The zero-order chi connectivity index (χ0) is 17.8. The van der Waals surface area contributed by atoms with Gasteiger partial charge in [0.25, 0.3) is 5.91 Å². The fourth-order valence-electron chi connectivity index (χ4n) is 3.83. The number of hydrogen-bond acceptors (Lipinski definition) is 6. The molecular formula is C15H20N4O5. The third-order valence-electron chi connectivity index (χ3n) is 4.75. The summed E-state index contributed by atoms with van der Waals surface area (Å²) in [5, 5.41) is 19.2. The van der Waals surface area contributed by atoms with Gasteiger partial charge in [0.05, 0.1) is 24.1 Å². The highest BCUT2D eigenvalue weighted by Gasteiger charge is 2.56. The number of aliphatic hydroxyl groups is 1. The van der Waals surface area contributed by atoms with Gasteiger partial charge in [-0.05, 0) is 25.8 Å². The normalized spacial score (nSPS) is 30.2. The Morgan fingerprint density at radius 1 is 1.46 bits per heavy atom. The molecule has 1 fully saturated rings. The first-order chi connectivity index (χ1) is 11.2. The van der Waals surface area contributed by atoms with Gasteiger partial charge in [0.1, 0.15) is 5.70 Å². The van der Waals surface area contributed by atoms with E-state index in [-0.39, 0.29) is 36.1 Å². The number of carboxylic acid groups (broad SMARTS) is 1. The van der Waals surface area contributed by atoms with Gasteiger partial charge in [0.2, 0.25) is 5.91 Å². The summed E-state index contributed by atoms with van der Waals surface area (Å²) in [5.41, 5.74) is 5.83. The molecule has 0 radical (unpaired) electrons. The van der Waals surface area contributed by atoms with Crippen molar-refractivity contribution in [2.75, 3.05) is 13.1 Å². The Bertz CT molecular complexity index is 683. The fourth-order valence-corrected chi connectivity index (χ4v) is 3.83. The van der Waals surface area contributed by atoms with Gasteiger partial charge >= 0.3 is 5.97 Å². The van der Waals surface area contributed by atoms with E-state index in [2.05, 4.69) is 4.99 Å². The van der Waals surface area contributed by atoms with Gasteiger partial charge < -0.3 is 25.7 Å². The van der Waals surface area contributed by atoms with Gasteiger partial charge in [0.15, 0.2) is 5.84 Å². The number of carbonyl (C=O) groups excluding carboxylic acids is 2. The number of carbonyl (C=O) groups is 3. The van der Waals surface area contributed by atoms with Crippen molar-refractivity contribution >= 4 is 23.6 Å². The molecule has 9 nitrogen and oxygen atoms in total. The molecule has 1 unspecified atom stereocenters. The monoisotopic (exact) mass is 336 g/mol. The Hall–Kier alpha value is -2.42. The highest BCUT2D eigenvalue weighted by atomic mass is 16.4. The second-order valence-electron chi connectivity index (χ2n) is 6.55. The average molecular weight is 336 g/mol. The number of aliphatic carboxylic acids is 1. The van der Waals surface area contributed by atoms with Crippen molar-refractivity contribution in [3.05, 3.63) is 11.3 Å². The van der Waals surface area contributed by atoms with Crippen molar-refractivity contribution in [2.45, 2.75) is 38.5 Å². The van der Waals surface area contributed by atoms with E-state index in [1.165, 1.54) is 11.8 Å². The maximum absolute atomic E-state index is 12.2. The van der Waals surface area contributed by atoms with Gasteiger partial charge in [0, 0.05) is 13.1 Å². The van der Waals surface area contributed by atoms with Crippen LogP contribution < -0.4 is 5.73 Å². The fraction of sp³-hybridized carbons (Fsp3) is 0.600. The lowest BCUT2D eigenvalue weighted by Gasteiger charge is -2.44. The smallest absolute Gasteiger partial charge is 0.352 e. The Morgan fingerprint density at radius 3 is 2.67 bits per heavy atom. The van der Waals surface area contributed by atoms with Crippen LogP contribution in [0.25, 0.3) is 0 Å². The van der Waals surface area contributed by atoms with Crippen molar-refractivity contribution < 1.29 is 24.6 Å². The Labute approximate surface area is 138 Å². The number of hydrogen-bond donors (Lipinski definition) is 3. The number of amides is 2. The molecule has 2 amide bonds. The minimum atomic E-state index is -1.19. The molecule has 0 aromatic rings. The number of aliphatic imine (C=N–C) groups is 1. The van der Waals surface area contributed by atoms with Crippen LogP contribution in [0.15, 0.2) is 16.3 Å². The SMILES string of the molecule is CC1CN(CC2=C(C(=O)O)N3C(=O)[C@H]([C@@H](C)O)[C@H]3C2)C(C(N)=O)=N1. The number of rotatable bonds is 5. The van der Waals surface area contributed by atoms with Crippen molar-refractivity contribution in [3.8, 4) is 0 Å². The molecule has 0 aliphatic carbocycles. The molecule has 9 heteroatoms. The number of amidine groups is 1. The number of aliphatic hydroxyl groups excluding tert-OH is 1. The van der Waals surface area contributed by atoms with Crippen LogP contribution in [0.1, 0.15) is 20.3 Å². The summed E-state index contributed by atoms with van der Waals surface area (Å²) in [6.45, 7) is 4.01. The summed E-state index contributed by atoms with van der Waals surface area (Å²) in [6.07, 6.45) is -0.470. The van der Waals surface area contributed by atoms with Crippen LogP contribution in [-0.4, -0.2) is 74.9 Å². The van der Waals surface area contributed by atoms with E-state index >= 15 is 0 Å². The lowest BCUT2D eigenvalue weighted by molar-refractivity contribution is -0.161. The van der Waals surface area contributed by atoms with E-state index in [0.29, 0.717) is 18.5 Å². The first kappa shape index (κ1) is 16.4. The Morgan fingerprint density at radius 2 is 2.12 bits per heavy atom. The van der Waals surface area contributed by atoms with Crippen molar-refractivity contribution in [2.24, 2.45) is 16.6 Å². The molecule has 3 aliphatic heterocycles. The van der Waals surface area contributed by atoms with E-state index in [4.69, 9.17) is 5.73 Å². The Kier molecular flexibility index (Phi) is 3.83. The van der Waals surface area contributed by atoms with Crippen LogP contribution in [-0.2, 0) is 14.4 Å². The predicted molar refractivity (Wildman–Crippen MR) is 82.7 cm³/mol. The summed E-state index contributed by atoms with van der Waals surface area (Å²) in [6, 6.07) is -0.445. The van der Waals surface area contributed by atoms with Gasteiger partial charge in [-0.1, -0.05) is 0 Å². The highest BCUT2D eigenvalue weighted by Crippen LogP contribution is 2.43. The van der Waals surface area contributed by atoms with Crippen LogP contribution in [0.3, 0.4) is 0 Å². The van der Waals surface area contributed by atoms with E-state index < -0.39 is 23.9 Å². The highest BCUT2D eigenvalue weighted by molar-refractivity contribution is 6.37. The van der Waals surface area contributed by atoms with Crippen LogP contribution in [0.4, 0.5) is 0 Å². The summed E-state index contributed by atoms with van der Waals surface area (Å²) in [5.74, 6) is -2.67. The van der Waals surface area contributed by atoms with Gasteiger partial charge in [-0.2, -0.15) is 0 Å². The third-order valence-corrected chi connectivity index (χ3v) is 4.75. The largest absolute Gasteiger partial charge is 0.477 e. The van der Waals surface area contributed by atoms with Crippen LogP contribution in [0.5, 0.6) is 0 Å². The molecule has 0 aromatic carbocycles. The molecule has 4 N–H and O–H groups in total. The van der Waals surface area contributed by atoms with Crippen molar-refractivity contribution in [1.82, 2.24) is 9.80 Å². The zero-order valence-electron chi connectivity index (χ0n) is 13.5. The minimum Gasteiger partial charge on any atom is -0.477 e. The van der Waals surface area contributed by atoms with Gasteiger partial charge in [-0.15, -0.1) is 0 Å². The number of nitrogens with two attached hydrogens (primary N) is 1. The molecule has 0 spiro atoms. The van der Waals surface area contributed by atoms with Crippen LogP contribution >= 0.6 is 0 Å². The van der Waals surface area contributed by atoms with E-state index in [1.54, 1.807) is 4.90 Å². The maximum Gasteiger partial charge on any atom is 0.352 e. The number of nitrogens with zero attached hydrogens (tertiary/aromatic N) is 3. The van der Waals surface area contributed by atoms with E-state index in [1.807, 2.05) is 6.92 Å². The third kappa shape index (κ3) is 2.35. The first-order valence-corrected chi connectivity index (χ1v) is 7.81. The molecule has 3 heterocycles. The number of β-lactam (4-membered cyclic amide) rings is 1. The van der Waals surface area contributed by atoms with E-state index in [0.717, 1.165) is 0 Å².